The second-order valence-electron chi connectivity index (χ2n) is 24.6. The molecule has 1 aliphatic heterocycles. The Morgan fingerprint density at radius 1 is 0.435 bits per heavy atom. The number of fused-ring (bicyclic) bond motifs is 16. The average molecular weight is 1360 g/mol. The molecule has 6 heterocycles. The Bertz CT molecular complexity index is 5730. The molecule has 0 bridgehead atoms. The Kier molecular flexibility index (Phi) is 12.8. The summed E-state index contributed by atoms with van der Waals surface area (Å²) in [7, 11) is 0. The summed E-state index contributed by atoms with van der Waals surface area (Å²) in [4.78, 5) is 10.8. The zero-order valence-electron chi connectivity index (χ0n) is 50.4. The van der Waals surface area contributed by atoms with Crippen LogP contribution in [0.5, 0.6) is 11.5 Å². The SMILES string of the molecule is CC(C)(C)c1ccnc(-n2c3[c-]c(Oc4[c-]c(-n5[c-][n+]6c7c(cccc75)-c5ccccc5-c5ccc7c(nc8n(-c9ccccc9)c9ccccc9n78)c5-c5cccc(-c7cc(-c8ccccc8)cc(-c8ccccc8)c7)c5-6)ccc4)ccc3c3ccccc32)c1.[Pt]. The van der Waals surface area contributed by atoms with Gasteiger partial charge in [0.25, 0.3) is 6.33 Å². The van der Waals surface area contributed by atoms with Crippen LogP contribution < -0.4 is 9.30 Å². The van der Waals surface area contributed by atoms with Gasteiger partial charge in [-0.25, -0.2) is 9.97 Å². The number of rotatable bonds is 8. The first kappa shape index (κ1) is 54.9. The second kappa shape index (κ2) is 21.5. The van der Waals surface area contributed by atoms with E-state index in [4.69, 9.17) is 14.7 Å². The molecule has 9 heteroatoms. The van der Waals surface area contributed by atoms with Gasteiger partial charge in [0.15, 0.2) is 0 Å². The molecule has 92 heavy (non-hydrogen) atoms. The maximum atomic E-state index is 6.90. The minimum Gasteiger partial charge on any atom is -0.510 e. The van der Waals surface area contributed by atoms with Gasteiger partial charge < -0.3 is 13.9 Å². The van der Waals surface area contributed by atoms with Crippen molar-refractivity contribution in [2.45, 2.75) is 26.2 Å². The number of para-hydroxylation sites is 6. The number of imidazole rings is 3. The largest absolute Gasteiger partial charge is 0.510 e. The number of hydrogen-bond acceptors (Lipinski definition) is 3. The quantitative estimate of drug-likeness (QED) is 0.113. The van der Waals surface area contributed by atoms with Crippen LogP contribution in [0, 0.1) is 18.5 Å². The molecule has 18 rings (SSSR count). The summed E-state index contributed by atoms with van der Waals surface area (Å²) in [6, 6.07) is 105. The van der Waals surface area contributed by atoms with Crippen molar-refractivity contribution in [1.29, 1.82) is 0 Å². The van der Waals surface area contributed by atoms with Gasteiger partial charge in [-0.05, 0) is 150 Å². The predicted octanol–water partition coefficient (Wildman–Crippen LogP) is 19.9. The molecule has 0 N–H and O–H groups in total. The minimum atomic E-state index is -0.0655. The summed E-state index contributed by atoms with van der Waals surface area (Å²) in [5, 5.41) is 2.18. The first-order valence-electron chi connectivity index (χ1n) is 30.9. The third-order valence-corrected chi connectivity index (χ3v) is 18.2. The van der Waals surface area contributed by atoms with Crippen LogP contribution in [0.15, 0.2) is 279 Å². The molecule has 17 aromatic rings. The topological polar surface area (TPSA) is 58.1 Å². The summed E-state index contributed by atoms with van der Waals surface area (Å²) in [5.41, 5.74) is 24.8. The smallest absolute Gasteiger partial charge is 0.268 e. The van der Waals surface area contributed by atoms with Crippen molar-refractivity contribution in [3.05, 3.63) is 303 Å². The molecule has 0 saturated carbocycles. The molecular weight excluding hydrogens is 1310 g/mol. The van der Waals surface area contributed by atoms with Gasteiger partial charge in [0.05, 0.1) is 38.8 Å². The van der Waals surface area contributed by atoms with Crippen molar-refractivity contribution in [3.8, 4) is 101 Å². The molecule has 5 aromatic heterocycles. The van der Waals surface area contributed by atoms with Crippen molar-refractivity contribution in [3.63, 3.8) is 0 Å². The average Bonchev–Trinajstić information content (AvgIpc) is 1.53. The van der Waals surface area contributed by atoms with E-state index in [0.717, 1.165) is 150 Å². The fourth-order valence-electron chi connectivity index (χ4n) is 14.0. The van der Waals surface area contributed by atoms with Gasteiger partial charge >= 0.3 is 0 Å². The number of ether oxygens (including phenoxy) is 1. The van der Waals surface area contributed by atoms with Crippen molar-refractivity contribution in [2.75, 3.05) is 0 Å². The van der Waals surface area contributed by atoms with Crippen LogP contribution in [-0.2, 0) is 26.5 Å². The fraction of sp³-hybridized carbons (Fsp3) is 0.0482. The molecule has 0 unspecified atom stereocenters. The summed E-state index contributed by atoms with van der Waals surface area (Å²) in [5.74, 6) is 2.76. The van der Waals surface area contributed by atoms with Crippen molar-refractivity contribution < 1.29 is 30.4 Å². The first-order valence-corrected chi connectivity index (χ1v) is 30.9. The van der Waals surface area contributed by atoms with Gasteiger partial charge in [-0.3, -0.25) is 13.5 Å². The fourth-order valence-corrected chi connectivity index (χ4v) is 14.0. The van der Waals surface area contributed by atoms with E-state index in [9.17, 15) is 0 Å². The van der Waals surface area contributed by atoms with E-state index in [1.165, 1.54) is 5.56 Å². The van der Waals surface area contributed by atoms with Crippen LogP contribution in [0.4, 0.5) is 0 Å². The van der Waals surface area contributed by atoms with E-state index in [0.29, 0.717) is 11.5 Å². The third-order valence-electron chi connectivity index (χ3n) is 18.2. The molecule has 0 radical (unpaired) electrons. The van der Waals surface area contributed by atoms with Gasteiger partial charge in [-0.1, -0.05) is 202 Å². The van der Waals surface area contributed by atoms with E-state index >= 15 is 0 Å². The van der Waals surface area contributed by atoms with Gasteiger partial charge in [-0.2, -0.15) is 18.2 Å². The molecule has 0 fully saturated rings. The Labute approximate surface area is 546 Å². The number of aromatic nitrogens is 7. The maximum Gasteiger partial charge on any atom is 0.268 e. The number of hydrogen-bond donors (Lipinski definition) is 0. The van der Waals surface area contributed by atoms with Gasteiger partial charge in [0.2, 0.25) is 5.78 Å². The van der Waals surface area contributed by atoms with E-state index in [1.807, 2.05) is 24.4 Å². The molecule has 0 aliphatic carbocycles. The van der Waals surface area contributed by atoms with E-state index in [2.05, 4.69) is 317 Å². The van der Waals surface area contributed by atoms with Crippen LogP contribution >= 0.6 is 0 Å². The third kappa shape index (κ3) is 8.73. The molecular formula is C83H55N7OPt-2. The summed E-state index contributed by atoms with van der Waals surface area (Å²) < 4.78 is 18.2. The predicted molar refractivity (Wildman–Crippen MR) is 368 cm³/mol. The van der Waals surface area contributed by atoms with E-state index in [1.54, 1.807) is 0 Å². The Morgan fingerprint density at radius 3 is 1.80 bits per heavy atom. The monoisotopic (exact) mass is 1360 g/mol. The Morgan fingerprint density at radius 2 is 1.04 bits per heavy atom. The van der Waals surface area contributed by atoms with Crippen LogP contribution in [0.25, 0.3) is 150 Å². The Hall–Kier alpha value is -11.2. The standard InChI is InChI=1S/C83H55N7O.Pt/c1-83(2,3)58-44-45-84-77(49-58)89-71-36-16-15-32-66(71)67-41-40-62(51-76(67)89)91-61-29-19-28-60(50-61)86-52-87-80-63(57-47-55(53-22-7-4-8-23-53)46-56(48-57)54-24-9-5-10-25-54)33-20-35-70(80)78-68(64-30-13-14-31-65(64)69-34-21-39-75(86)81(69)87)42-43-74-79(78)85-82-88(59-26-11-6-12-27-59)72-37-17-18-38-73(72)90(74)82;/h4-49H,1-3H3;/q-2;. The normalized spacial score (nSPS) is 12.0. The van der Waals surface area contributed by atoms with E-state index in [-0.39, 0.29) is 26.5 Å². The van der Waals surface area contributed by atoms with Crippen LogP contribution in [0.2, 0.25) is 0 Å². The van der Waals surface area contributed by atoms with Crippen molar-refractivity contribution in [2.24, 2.45) is 0 Å². The van der Waals surface area contributed by atoms with Crippen LogP contribution in [0.1, 0.15) is 26.3 Å². The zero-order valence-corrected chi connectivity index (χ0v) is 52.7. The van der Waals surface area contributed by atoms with Crippen LogP contribution in [0.3, 0.4) is 0 Å². The van der Waals surface area contributed by atoms with Crippen LogP contribution in [-0.4, -0.2) is 28.1 Å². The summed E-state index contributed by atoms with van der Waals surface area (Å²) in [6.45, 7) is 6.69. The van der Waals surface area contributed by atoms with Gasteiger partial charge in [-0.15, -0.1) is 29.7 Å². The summed E-state index contributed by atoms with van der Waals surface area (Å²) in [6.07, 6.45) is 5.96. The second-order valence-corrected chi connectivity index (χ2v) is 24.6. The molecule has 0 amide bonds. The zero-order chi connectivity index (χ0) is 60.5. The summed E-state index contributed by atoms with van der Waals surface area (Å²) >= 11 is 0. The Balaban J connectivity index is 0.00000648. The molecule has 0 spiro atoms. The molecule has 12 aromatic carbocycles. The van der Waals surface area contributed by atoms with Crippen molar-refractivity contribution in [1.82, 2.24) is 28.1 Å². The minimum absolute atomic E-state index is 0. The maximum absolute atomic E-state index is 6.90. The molecule has 1 aliphatic rings. The van der Waals surface area contributed by atoms with E-state index < -0.39 is 0 Å². The number of benzene rings is 12. The number of nitrogens with zero attached hydrogens (tertiary/aromatic N) is 7. The first-order chi connectivity index (χ1) is 44.8. The molecule has 0 saturated heterocycles. The van der Waals surface area contributed by atoms with Gasteiger partial charge in [0, 0.05) is 55.5 Å². The van der Waals surface area contributed by atoms with Gasteiger partial charge in [0.1, 0.15) is 5.82 Å². The molecule has 0 atom stereocenters. The number of pyridine rings is 1. The molecule has 440 valence electrons. The van der Waals surface area contributed by atoms with Crippen molar-refractivity contribution >= 4 is 60.7 Å². The molecule has 8 nitrogen and oxygen atoms in total.